The zero-order valence-electron chi connectivity index (χ0n) is 21.1. The maximum absolute atomic E-state index is 13.0. The Morgan fingerprint density at radius 1 is 0.711 bits per heavy atom. The highest BCUT2D eigenvalue weighted by Crippen LogP contribution is 2.48. The minimum absolute atomic E-state index is 0.103. The number of esters is 1. The number of unbranched alkanes of at least 4 members (excludes halogenated alkanes) is 9. The highest BCUT2D eigenvalue weighted by molar-refractivity contribution is 6.25. The van der Waals surface area contributed by atoms with Crippen molar-refractivity contribution in [1.29, 1.82) is 0 Å². The highest BCUT2D eigenvalue weighted by atomic mass is 16.6. The molecule has 12 heteroatoms. The van der Waals surface area contributed by atoms with E-state index < -0.39 is 49.1 Å². The van der Waals surface area contributed by atoms with Crippen molar-refractivity contribution in [2.24, 2.45) is 0 Å². The summed E-state index contributed by atoms with van der Waals surface area (Å²) >= 11 is 0. The maximum atomic E-state index is 13.0. The van der Waals surface area contributed by atoms with Crippen LogP contribution in [-0.4, -0.2) is 33.1 Å². The van der Waals surface area contributed by atoms with E-state index in [1.165, 1.54) is 38.5 Å². The van der Waals surface area contributed by atoms with Gasteiger partial charge in [0.15, 0.2) is 5.78 Å². The fraction of sp³-hybridized carbons (Fsp3) is 0.462. The first-order chi connectivity index (χ1) is 18.2. The number of fused-ring (bicyclic) bond motifs is 3. The SMILES string of the molecule is CCCCCCCCCCCCOC(=O)c1cc2c(c([N+](=O)[O-])c1)-c1c(cc([N+](=O)[O-])cc1[N+](=O)[O-])C2=O. The van der Waals surface area contributed by atoms with E-state index in [1.807, 2.05) is 0 Å². The van der Waals surface area contributed by atoms with Gasteiger partial charge in [0.05, 0.1) is 44.1 Å². The summed E-state index contributed by atoms with van der Waals surface area (Å²) in [6, 6.07) is 3.49. The van der Waals surface area contributed by atoms with Crippen LogP contribution >= 0.6 is 0 Å². The van der Waals surface area contributed by atoms with E-state index in [-0.39, 0.29) is 28.9 Å². The molecule has 0 saturated carbocycles. The molecule has 38 heavy (non-hydrogen) atoms. The highest BCUT2D eigenvalue weighted by Gasteiger charge is 2.41. The van der Waals surface area contributed by atoms with Crippen LogP contribution in [0.25, 0.3) is 11.1 Å². The van der Waals surface area contributed by atoms with Crippen LogP contribution in [-0.2, 0) is 4.74 Å². The molecule has 0 fully saturated rings. The molecule has 0 aliphatic heterocycles. The molecule has 0 aromatic heterocycles. The Labute approximate surface area is 218 Å². The molecule has 2 aromatic carbocycles. The van der Waals surface area contributed by atoms with E-state index in [2.05, 4.69) is 6.92 Å². The number of nitrogens with zero attached hydrogens (tertiary/aromatic N) is 3. The summed E-state index contributed by atoms with van der Waals surface area (Å²) in [6.45, 7) is 2.28. The van der Waals surface area contributed by atoms with E-state index in [0.29, 0.717) is 12.5 Å². The third-order valence-electron chi connectivity index (χ3n) is 6.53. The molecule has 0 atom stereocenters. The van der Waals surface area contributed by atoms with Gasteiger partial charge in [-0.3, -0.25) is 35.1 Å². The lowest BCUT2D eigenvalue weighted by atomic mass is 9.99. The van der Waals surface area contributed by atoms with Crippen LogP contribution in [0.4, 0.5) is 17.1 Å². The molecule has 0 spiro atoms. The van der Waals surface area contributed by atoms with Crippen molar-refractivity contribution in [2.45, 2.75) is 71.1 Å². The zero-order valence-corrected chi connectivity index (χ0v) is 21.1. The van der Waals surface area contributed by atoms with Gasteiger partial charge in [-0.25, -0.2) is 4.79 Å². The van der Waals surface area contributed by atoms with Gasteiger partial charge in [0.1, 0.15) is 0 Å². The molecule has 0 amide bonds. The quantitative estimate of drug-likeness (QED) is 0.0901. The summed E-state index contributed by atoms with van der Waals surface area (Å²) in [7, 11) is 0. The lowest BCUT2D eigenvalue weighted by Crippen LogP contribution is -2.09. The number of hydrogen-bond acceptors (Lipinski definition) is 9. The zero-order chi connectivity index (χ0) is 27.8. The molecule has 2 aromatic rings. The van der Waals surface area contributed by atoms with Gasteiger partial charge in [-0.15, -0.1) is 0 Å². The van der Waals surface area contributed by atoms with Crippen LogP contribution < -0.4 is 0 Å². The normalized spacial score (nSPS) is 11.7. The lowest BCUT2D eigenvalue weighted by molar-refractivity contribution is -0.394. The van der Waals surface area contributed by atoms with Crippen molar-refractivity contribution in [2.75, 3.05) is 6.61 Å². The summed E-state index contributed by atoms with van der Waals surface area (Å²) in [5.41, 5.74) is -3.89. The van der Waals surface area contributed by atoms with Crippen LogP contribution in [0.15, 0.2) is 24.3 Å². The van der Waals surface area contributed by atoms with Gasteiger partial charge in [-0.1, -0.05) is 64.7 Å². The van der Waals surface area contributed by atoms with Crippen molar-refractivity contribution in [3.63, 3.8) is 0 Å². The van der Waals surface area contributed by atoms with Crippen molar-refractivity contribution >= 4 is 28.8 Å². The molecule has 0 saturated heterocycles. The smallest absolute Gasteiger partial charge is 0.338 e. The Hall–Kier alpha value is -4.22. The van der Waals surface area contributed by atoms with Crippen LogP contribution in [0.3, 0.4) is 0 Å². The molecule has 3 rings (SSSR count). The monoisotopic (exact) mass is 527 g/mol. The number of rotatable bonds is 15. The lowest BCUT2D eigenvalue weighted by Gasteiger charge is -2.08. The Bertz CT molecular complexity index is 1270. The average molecular weight is 528 g/mol. The first kappa shape index (κ1) is 28.4. The van der Waals surface area contributed by atoms with Gasteiger partial charge in [0.2, 0.25) is 0 Å². The van der Waals surface area contributed by atoms with Gasteiger partial charge in [-0.05, 0) is 12.5 Å². The fourth-order valence-electron chi connectivity index (χ4n) is 4.62. The largest absolute Gasteiger partial charge is 0.462 e. The first-order valence-corrected chi connectivity index (χ1v) is 12.7. The molecule has 0 bridgehead atoms. The molecule has 202 valence electrons. The van der Waals surface area contributed by atoms with Crippen molar-refractivity contribution in [3.05, 3.63) is 71.3 Å². The number of carbonyl (C=O) groups excluding carboxylic acids is 2. The molecule has 0 heterocycles. The van der Waals surface area contributed by atoms with Crippen LogP contribution in [0.1, 0.15) is 97.4 Å². The standard InChI is InChI=1S/C26H29N3O9/c1-2-3-4-5-6-7-8-9-10-11-12-38-26(31)17-13-19-23(21(14-17)28(34)35)24-20(25(19)30)15-18(27(32)33)16-22(24)29(36)37/h13-16H,2-12H2,1H3. The predicted octanol–water partition coefficient (Wildman–Crippen LogP) is 6.70. The van der Waals surface area contributed by atoms with Crippen molar-refractivity contribution in [3.8, 4) is 11.1 Å². The summed E-state index contributed by atoms with van der Waals surface area (Å²) in [5, 5.41) is 34.7. The van der Waals surface area contributed by atoms with E-state index in [4.69, 9.17) is 4.74 Å². The van der Waals surface area contributed by atoms with Crippen molar-refractivity contribution in [1.82, 2.24) is 0 Å². The van der Waals surface area contributed by atoms with E-state index >= 15 is 0 Å². The summed E-state index contributed by atoms with van der Waals surface area (Å²) in [6.07, 6.45) is 11.0. The minimum atomic E-state index is -0.938. The number of nitro benzene ring substituents is 3. The van der Waals surface area contributed by atoms with Gasteiger partial charge in [-0.2, -0.15) is 0 Å². The van der Waals surface area contributed by atoms with E-state index in [1.54, 1.807) is 0 Å². The van der Waals surface area contributed by atoms with Crippen LogP contribution in [0.5, 0.6) is 0 Å². The number of ketones is 1. The average Bonchev–Trinajstić information content (AvgIpc) is 3.17. The number of hydrogen-bond donors (Lipinski definition) is 0. The first-order valence-electron chi connectivity index (χ1n) is 12.7. The van der Waals surface area contributed by atoms with Gasteiger partial charge >= 0.3 is 5.97 Å². The second-order valence-corrected chi connectivity index (χ2v) is 9.22. The Balaban J connectivity index is 1.71. The summed E-state index contributed by atoms with van der Waals surface area (Å²) < 4.78 is 5.25. The third-order valence-corrected chi connectivity index (χ3v) is 6.53. The molecule has 0 N–H and O–H groups in total. The Morgan fingerprint density at radius 3 is 1.74 bits per heavy atom. The second kappa shape index (κ2) is 12.8. The van der Waals surface area contributed by atoms with Gasteiger partial charge in [0.25, 0.3) is 17.1 Å². The number of carbonyl (C=O) groups is 2. The van der Waals surface area contributed by atoms with Gasteiger partial charge < -0.3 is 4.74 Å². The number of non-ortho nitro benzene ring substituents is 1. The molecule has 1 aliphatic rings. The van der Waals surface area contributed by atoms with Crippen LogP contribution in [0, 0.1) is 30.3 Å². The van der Waals surface area contributed by atoms with Crippen molar-refractivity contribution < 1.29 is 29.1 Å². The predicted molar refractivity (Wildman–Crippen MR) is 137 cm³/mol. The van der Waals surface area contributed by atoms with Gasteiger partial charge in [0, 0.05) is 23.3 Å². The molecule has 1 aliphatic carbocycles. The molecular formula is C26H29N3O9. The topological polar surface area (TPSA) is 173 Å². The molecule has 12 nitrogen and oxygen atoms in total. The van der Waals surface area contributed by atoms with E-state index in [9.17, 15) is 39.9 Å². The number of benzene rings is 2. The van der Waals surface area contributed by atoms with Crippen LogP contribution in [0.2, 0.25) is 0 Å². The maximum Gasteiger partial charge on any atom is 0.338 e. The second-order valence-electron chi connectivity index (χ2n) is 9.22. The molecule has 0 radical (unpaired) electrons. The minimum Gasteiger partial charge on any atom is -0.462 e. The Morgan fingerprint density at radius 2 is 1.21 bits per heavy atom. The fourth-order valence-corrected chi connectivity index (χ4v) is 4.62. The number of ether oxygens (including phenoxy) is 1. The molecular weight excluding hydrogens is 498 g/mol. The Kier molecular flexibility index (Phi) is 9.58. The third kappa shape index (κ3) is 6.36. The summed E-state index contributed by atoms with van der Waals surface area (Å²) in [4.78, 5) is 57.6. The van der Waals surface area contributed by atoms with E-state index in [0.717, 1.165) is 37.5 Å². The summed E-state index contributed by atoms with van der Waals surface area (Å²) in [5.74, 6) is -1.75. The number of nitro groups is 3. The molecule has 0 unspecified atom stereocenters.